The van der Waals surface area contributed by atoms with Gasteiger partial charge in [-0.2, -0.15) is 0 Å². The van der Waals surface area contributed by atoms with E-state index >= 15 is 0 Å². The minimum Gasteiger partial charge on any atom is -0.352 e. The fourth-order valence-corrected chi connectivity index (χ4v) is 2.55. The van der Waals surface area contributed by atoms with Crippen LogP contribution in [0.1, 0.15) is 19.3 Å². The molecule has 3 heterocycles. The van der Waals surface area contributed by atoms with Gasteiger partial charge in [-0.15, -0.1) is 0 Å². The van der Waals surface area contributed by atoms with E-state index < -0.39 is 0 Å². The molecule has 1 atom stereocenters. The predicted octanol–water partition coefficient (Wildman–Crippen LogP) is 1.34. The van der Waals surface area contributed by atoms with Crippen molar-refractivity contribution in [3.05, 3.63) is 24.5 Å². The van der Waals surface area contributed by atoms with Crippen LogP contribution in [0.2, 0.25) is 0 Å². The second-order valence-electron chi connectivity index (χ2n) is 4.65. The van der Waals surface area contributed by atoms with Crippen LogP contribution >= 0.6 is 0 Å². The number of pyridine rings is 1. The van der Waals surface area contributed by atoms with E-state index in [1.165, 1.54) is 12.8 Å². The minimum atomic E-state index is 0.403. The van der Waals surface area contributed by atoms with Gasteiger partial charge < -0.3 is 10.6 Å². The number of anilines is 1. The molecule has 1 fully saturated rings. The average molecular weight is 243 g/mol. The third-order valence-corrected chi connectivity index (χ3v) is 3.51. The number of hydrogen-bond acceptors (Lipinski definition) is 5. The molecule has 1 unspecified atom stereocenters. The monoisotopic (exact) mass is 243 g/mol. The summed E-state index contributed by atoms with van der Waals surface area (Å²) in [5.74, 6) is 0.971. The first-order chi connectivity index (χ1) is 8.88. The summed E-state index contributed by atoms with van der Waals surface area (Å²) in [5.41, 5.74) is 7.39. The van der Waals surface area contributed by atoms with Crippen LogP contribution in [0, 0.1) is 0 Å². The molecule has 18 heavy (non-hydrogen) atoms. The zero-order valence-electron chi connectivity index (χ0n) is 10.3. The molecule has 94 valence electrons. The molecule has 0 aromatic carbocycles. The van der Waals surface area contributed by atoms with E-state index in [0.29, 0.717) is 18.2 Å². The van der Waals surface area contributed by atoms with Gasteiger partial charge in [0.05, 0.1) is 0 Å². The SMILES string of the molecule is NCC1CCCCN1c1ccc2nccnc2n1. The Labute approximate surface area is 106 Å². The molecule has 1 saturated heterocycles. The second kappa shape index (κ2) is 4.86. The Morgan fingerprint density at radius 3 is 3.00 bits per heavy atom. The summed E-state index contributed by atoms with van der Waals surface area (Å²) in [6, 6.07) is 4.40. The number of nitrogens with zero attached hydrogens (tertiary/aromatic N) is 4. The molecule has 3 rings (SSSR count). The normalized spacial score (nSPS) is 20.3. The van der Waals surface area contributed by atoms with Crippen molar-refractivity contribution in [1.82, 2.24) is 15.0 Å². The number of aromatic nitrogens is 3. The number of hydrogen-bond donors (Lipinski definition) is 1. The van der Waals surface area contributed by atoms with Crippen molar-refractivity contribution in [2.45, 2.75) is 25.3 Å². The Kier molecular flexibility index (Phi) is 3.06. The lowest BCUT2D eigenvalue weighted by molar-refractivity contribution is 0.462. The second-order valence-corrected chi connectivity index (χ2v) is 4.65. The van der Waals surface area contributed by atoms with E-state index in [2.05, 4.69) is 19.9 Å². The average Bonchev–Trinajstić information content (AvgIpc) is 2.46. The van der Waals surface area contributed by atoms with Crippen LogP contribution in [0.4, 0.5) is 5.82 Å². The van der Waals surface area contributed by atoms with Crippen molar-refractivity contribution in [3.8, 4) is 0 Å². The molecule has 2 aromatic heterocycles. The molecule has 0 saturated carbocycles. The smallest absolute Gasteiger partial charge is 0.180 e. The van der Waals surface area contributed by atoms with Crippen LogP contribution in [0.15, 0.2) is 24.5 Å². The zero-order chi connectivity index (χ0) is 12.4. The van der Waals surface area contributed by atoms with E-state index in [-0.39, 0.29) is 0 Å². The van der Waals surface area contributed by atoms with Crippen molar-refractivity contribution < 1.29 is 0 Å². The summed E-state index contributed by atoms with van der Waals surface area (Å²) in [7, 11) is 0. The molecule has 0 aliphatic carbocycles. The van der Waals surface area contributed by atoms with Gasteiger partial charge in [-0.1, -0.05) is 0 Å². The third kappa shape index (κ3) is 2.01. The predicted molar refractivity (Wildman–Crippen MR) is 71.4 cm³/mol. The summed E-state index contributed by atoms with van der Waals surface area (Å²) in [5, 5.41) is 0. The van der Waals surface area contributed by atoms with E-state index in [0.717, 1.165) is 24.3 Å². The fraction of sp³-hybridized carbons (Fsp3) is 0.462. The summed E-state index contributed by atoms with van der Waals surface area (Å²) in [6.45, 7) is 1.71. The topological polar surface area (TPSA) is 67.9 Å². The first-order valence-electron chi connectivity index (χ1n) is 6.43. The maximum Gasteiger partial charge on any atom is 0.180 e. The third-order valence-electron chi connectivity index (χ3n) is 3.51. The molecule has 2 N–H and O–H groups in total. The van der Waals surface area contributed by atoms with Crippen LogP contribution < -0.4 is 10.6 Å². The first kappa shape index (κ1) is 11.3. The van der Waals surface area contributed by atoms with E-state index in [4.69, 9.17) is 5.73 Å². The standard InChI is InChI=1S/C13H17N5/c14-9-10-3-1-2-8-18(10)12-5-4-11-13(17-12)16-7-6-15-11/h4-7,10H,1-3,8-9,14H2. The molecule has 0 radical (unpaired) electrons. The zero-order valence-corrected chi connectivity index (χ0v) is 10.3. The lowest BCUT2D eigenvalue weighted by Crippen LogP contribution is -2.44. The first-order valence-corrected chi connectivity index (χ1v) is 6.43. The summed E-state index contributed by atoms with van der Waals surface area (Å²) < 4.78 is 0. The number of piperidine rings is 1. The van der Waals surface area contributed by atoms with Crippen LogP contribution in [0.3, 0.4) is 0 Å². The maximum absolute atomic E-state index is 5.85. The number of rotatable bonds is 2. The summed E-state index contributed by atoms with van der Waals surface area (Å²) >= 11 is 0. The van der Waals surface area contributed by atoms with Crippen molar-refractivity contribution >= 4 is 17.0 Å². The molecule has 2 aromatic rings. The molecule has 1 aliphatic heterocycles. The van der Waals surface area contributed by atoms with Crippen LogP contribution in [0.5, 0.6) is 0 Å². The van der Waals surface area contributed by atoms with Gasteiger partial charge in [-0.3, -0.25) is 4.98 Å². The number of nitrogens with two attached hydrogens (primary N) is 1. The highest BCUT2D eigenvalue weighted by atomic mass is 15.2. The van der Waals surface area contributed by atoms with Gasteiger partial charge in [0.2, 0.25) is 0 Å². The van der Waals surface area contributed by atoms with E-state index in [9.17, 15) is 0 Å². The van der Waals surface area contributed by atoms with Gasteiger partial charge in [0, 0.05) is 31.5 Å². The molecule has 5 nitrogen and oxygen atoms in total. The highest BCUT2D eigenvalue weighted by Gasteiger charge is 2.22. The van der Waals surface area contributed by atoms with Gasteiger partial charge >= 0.3 is 0 Å². The van der Waals surface area contributed by atoms with Crippen molar-refractivity contribution in [2.75, 3.05) is 18.0 Å². The molecule has 0 amide bonds. The lowest BCUT2D eigenvalue weighted by atomic mass is 10.0. The Morgan fingerprint density at radius 1 is 1.22 bits per heavy atom. The number of fused-ring (bicyclic) bond motifs is 1. The van der Waals surface area contributed by atoms with Crippen LogP contribution in [-0.2, 0) is 0 Å². The highest BCUT2D eigenvalue weighted by molar-refractivity contribution is 5.71. The molecule has 5 heteroatoms. The van der Waals surface area contributed by atoms with Crippen molar-refractivity contribution in [2.24, 2.45) is 5.73 Å². The molecular formula is C13H17N5. The Bertz CT molecular complexity index is 542. The van der Waals surface area contributed by atoms with E-state index in [1.54, 1.807) is 12.4 Å². The quantitative estimate of drug-likeness (QED) is 0.862. The highest BCUT2D eigenvalue weighted by Crippen LogP contribution is 2.23. The van der Waals surface area contributed by atoms with Gasteiger partial charge in [0.15, 0.2) is 5.65 Å². The molecular weight excluding hydrogens is 226 g/mol. The minimum absolute atomic E-state index is 0.403. The van der Waals surface area contributed by atoms with Gasteiger partial charge in [-0.05, 0) is 31.4 Å². The Balaban J connectivity index is 1.97. The maximum atomic E-state index is 5.85. The summed E-state index contributed by atoms with van der Waals surface area (Å²) in [6.07, 6.45) is 6.97. The lowest BCUT2D eigenvalue weighted by Gasteiger charge is -2.35. The summed E-state index contributed by atoms with van der Waals surface area (Å²) in [4.78, 5) is 15.4. The largest absolute Gasteiger partial charge is 0.352 e. The Morgan fingerprint density at radius 2 is 2.11 bits per heavy atom. The van der Waals surface area contributed by atoms with Gasteiger partial charge in [0.25, 0.3) is 0 Å². The van der Waals surface area contributed by atoms with Crippen molar-refractivity contribution in [1.29, 1.82) is 0 Å². The molecule has 1 aliphatic rings. The van der Waals surface area contributed by atoms with Crippen LogP contribution in [0.25, 0.3) is 11.2 Å². The van der Waals surface area contributed by atoms with Gasteiger partial charge in [-0.25, -0.2) is 9.97 Å². The van der Waals surface area contributed by atoms with Crippen LogP contribution in [-0.4, -0.2) is 34.1 Å². The Hall–Kier alpha value is -1.75. The van der Waals surface area contributed by atoms with Gasteiger partial charge in [0.1, 0.15) is 11.3 Å². The molecule has 0 bridgehead atoms. The molecule has 0 spiro atoms. The van der Waals surface area contributed by atoms with E-state index in [1.807, 2.05) is 12.1 Å². The fourth-order valence-electron chi connectivity index (χ4n) is 2.55. The van der Waals surface area contributed by atoms with Crippen molar-refractivity contribution in [3.63, 3.8) is 0 Å².